The Morgan fingerprint density at radius 2 is 2.08 bits per heavy atom. The molecular formula is C17H26N4O3S. The summed E-state index contributed by atoms with van der Waals surface area (Å²) in [5, 5.41) is 3.53. The minimum Gasteiger partial charge on any atom is -0.444 e. The summed E-state index contributed by atoms with van der Waals surface area (Å²) in [5.41, 5.74) is 0.509. The van der Waals surface area contributed by atoms with Crippen molar-refractivity contribution >= 4 is 28.5 Å². The molecule has 3 heterocycles. The molecule has 1 aromatic heterocycles. The maximum absolute atomic E-state index is 12.7. The van der Waals surface area contributed by atoms with Gasteiger partial charge in [0.1, 0.15) is 11.6 Å². The summed E-state index contributed by atoms with van der Waals surface area (Å²) in [6.45, 7) is 7.88. The fourth-order valence-electron chi connectivity index (χ4n) is 3.14. The van der Waals surface area contributed by atoms with E-state index in [0.717, 1.165) is 31.6 Å². The van der Waals surface area contributed by atoms with Gasteiger partial charge in [-0.05, 0) is 40.7 Å². The summed E-state index contributed by atoms with van der Waals surface area (Å²) in [5.74, 6) is -0.178. The second kappa shape index (κ2) is 6.92. The number of ether oxygens (including phenoxy) is 1. The van der Waals surface area contributed by atoms with Crippen LogP contribution < -0.4 is 5.32 Å². The highest BCUT2D eigenvalue weighted by molar-refractivity contribution is 7.15. The summed E-state index contributed by atoms with van der Waals surface area (Å²) < 4.78 is 5.42. The molecule has 0 aliphatic carbocycles. The first kappa shape index (κ1) is 18.1. The van der Waals surface area contributed by atoms with E-state index in [-0.39, 0.29) is 5.91 Å². The van der Waals surface area contributed by atoms with Crippen LogP contribution in [0.4, 0.5) is 9.93 Å². The van der Waals surface area contributed by atoms with Gasteiger partial charge in [-0.3, -0.25) is 9.69 Å². The molecule has 1 N–H and O–H groups in total. The van der Waals surface area contributed by atoms with Gasteiger partial charge in [0, 0.05) is 30.9 Å². The van der Waals surface area contributed by atoms with Gasteiger partial charge in [0.15, 0.2) is 5.13 Å². The van der Waals surface area contributed by atoms with Gasteiger partial charge in [-0.15, -0.1) is 11.3 Å². The first-order valence-electron chi connectivity index (χ1n) is 8.70. The fourth-order valence-corrected chi connectivity index (χ4v) is 4.24. The SMILES string of the molecule is CN1CCc2nc(NC(=O)C3CCCN3C(=O)OC(C)(C)C)sc2C1. The third-order valence-electron chi connectivity index (χ3n) is 4.34. The number of nitrogens with one attached hydrogen (secondary N) is 1. The number of carbonyl (C=O) groups is 2. The number of fused-ring (bicyclic) bond motifs is 1. The number of thiazole rings is 1. The largest absolute Gasteiger partial charge is 0.444 e. The smallest absolute Gasteiger partial charge is 0.410 e. The molecule has 0 saturated carbocycles. The van der Waals surface area contributed by atoms with Crippen LogP contribution in [0.5, 0.6) is 0 Å². The lowest BCUT2D eigenvalue weighted by Crippen LogP contribution is -2.45. The van der Waals surface area contributed by atoms with Gasteiger partial charge in [-0.25, -0.2) is 9.78 Å². The minimum absolute atomic E-state index is 0.178. The van der Waals surface area contributed by atoms with E-state index in [4.69, 9.17) is 4.74 Å². The van der Waals surface area contributed by atoms with E-state index in [1.165, 1.54) is 21.1 Å². The minimum atomic E-state index is -0.568. The van der Waals surface area contributed by atoms with Gasteiger partial charge >= 0.3 is 6.09 Å². The predicted octanol–water partition coefficient (Wildman–Crippen LogP) is 2.47. The number of likely N-dealkylation sites (tertiary alicyclic amines) is 1. The Morgan fingerprint density at radius 1 is 1.32 bits per heavy atom. The van der Waals surface area contributed by atoms with Crippen LogP contribution in [-0.4, -0.2) is 58.6 Å². The van der Waals surface area contributed by atoms with Crippen LogP contribution in [0.25, 0.3) is 0 Å². The molecule has 0 bridgehead atoms. The molecule has 3 rings (SSSR count). The highest BCUT2D eigenvalue weighted by Gasteiger charge is 2.37. The van der Waals surface area contributed by atoms with Crippen molar-refractivity contribution < 1.29 is 14.3 Å². The summed E-state index contributed by atoms with van der Waals surface area (Å²) in [4.78, 5) is 34.5. The van der Waals surface area contributed by atoms with Crippen molar-refractivity contribution in [2.75, 3.05) is 25.5 Å². The average Bonchev–Trinajstić information content (AvgIpc) is 3.10. The van der Waals surface area contributed by atoms with Crippen LogP contribution >= 0.6 is 11.3 Å². The molecule has 0 aromatic carbocycles. The Bertz CT molecular complexity index is 667. The highest BCUT2D eigenvalue weighted by atomic mass is 32.1. The summed E-state index contributed by atoms with van der Waals surface area (Å²) in [7, 11) is 2.08. The van der Waals surface area contributed by atoms with Gasteiger partial charge in [0.25, 0.3) is 0 Å². The van der Waals surface area contributed by atoms with Gasteiger partial charge in [0.2, 0.25) is 5.91 Å². The van der Waals surface area contributed by atoms with Crippen molar-refractivity contribution in [3.63, 3.8) is 0 Å². The molecule has 25 heavy (non-hydrogen) atoms. The lowest BCUT2D eigenvalue weighted by Gasteiger charge is -2.27. The van der Waals surface area contributed by atoms with Crippen molar-refractivity contribution in [1.82, 2.24) is 14.8 Å². The van der Waals surface area contributed by atoms with Crippen molar-refractivity contribution in [1.29, 1.82) is 0 Å². The molecule has 8 heteroatoms. The van der Waals surface area contributed by atoms with Crippen molar-refractivity contribution in [3.05, 3.63) is 10.6 Å². The third-order valence-corrected chi connectivity index (χ3v) is 5.33. The van der Waals surface area contributed by atoms with E-state index in [9.17, 15) is 9.59 Å². The number of rotatable bonds is 2. The quantitative estimate of drug-likeness (QED) is 0.870. The zero-order valence-corrected chi connectivity index (χ0v) is 16.1. The molecular weight excluding hydrogens is 340 g/mol. The van der Waals surface area contributed by atoms with Gasteiger partial charge in [0.05, 0.1) is 5.69 Å². The second-order valence-corrected chi connectivity index (χ2v) is 8.78. The number of hydrogen-bond donors (Lipinski definition) is 1. The maximum Gasteiger partial charge on any atom is 0.410 e. The Kier molecular flexibility index (Phi) is 5.02. The summed E-state index contributed by atoms with van der Waals surface area (Å²) in [6.07, 6.45) is 1.94. The van der Waals surface area contributed by atoms with Crippen molar-refractivity contribution in [2.24, 2.45) is 0 Å². The molecule has 0 radical (unpaired) electrons. The van der Waals surface area contributed by atoms with E-state index >= 15 is 0 Å². The summed E-state index contributed by atoms with van der Waals surface area (Å²) >= 11 is 1.53. The monoisotopic (exact) mass is 366 g/mol. The second-order valence-electron chi connectivity index (χ2n) is 7.70. The Balaban J connectivity index is 1.65. The molecule has 0 spiro atoms. The molecule has 138 valence electrons. The zero-order chi connectivity index (χ0) is 18.2. The van der Waals surface area contributed by atoms with Crippen LogP contribution in [0.1, 0.15) is 44.2 Å². The van der Waals surface area contributed by atoms with E-state index in [1.54, 1.807) is 0 Å². The maximum atomic E-state index is 12.7. The third kappa shape index (κ3) is 4.30. The molecule has 2 aliphatic heterocycles. The van der Waals surface area contributed by atoms with Gasteiger partial charge in [-0.1, -0.05) is 0 Å². The van der Waals surface area contributed by atoms with Crippen LogP contribution in [0.2, 0.25) is 0 Å². The van der Waals surface area contributed by atoms with Crippen LogP contribution in [-0.2, 0) is 22.5 Å². The first-order chi connectivity index (χ1) is 11.7. The molecule has 1 saturated heterocycles. The number of hydrogen-bond acceptors (Lipinski definition) is 6. The predicted molar refractivity (Wildman–Crippen MR) is 96.7 cm³/mol. The van der Waals surface area contributed by atoms with Gasteiger partial charge < -0.3 is 15.0 Å². The van der Waals surface area contributed by atoms with E-state index in [1.807, 2.05) is 20.8 Å². The molecule has 7 nitrogen and oxygen atoms in total. The topological polar surface area (TPSA) is 74.8 Å². The first-order valence-corrected chi connectivity index (χ1v) is 9.52. The number of anilines is 1. The van der Waals surface area contributed by atoms with Crippen LogP contribution in [0.15, 0.2) is 0 Å². The van der Waals surface area contributed by atoms with Crippen molar-refractivity contribution in [3.8, 4) is 0 Å². The van der Waals surface area contributed by atoms with E-state index in [2.05, 4.69) is 22.2 Å². The molecule has 2 aliphatic rings. The lowest BCUT2D eigenvalue weighted by atomic mass is 10.2. The summed E-state index contributed by atoms with van der Waals surface area (Å²) in [6, 6.07) is -0.488. The number of aromatic nitrogens is 1. The zero-order valence-electron chi connectivity index (χ0n) is 15.3. The number of amides is 2. The van der Waals surface area contributed by atoms with Crippen LogP contribution in [0, 0.1) is 0 Å². The van der Waals surface area contributed by atoms with E-state index < -0.39 is 17.7 Å². The number of likely N-dealkylation sites (N-methyl/N-ethyl adjacent to an activating group) is 1. The van der Waals surface area contributed by atoms with E-state index in [0.29, 0.717) is 18.1 Å². The fraction of sp³-hybridized carbons (Fsp3) is 0.706. The highest BCUT2D eigenvalue weighted by Crippen LogP contribution is 2.29. The molecule has 2 amide bonds. The normalized spacial score (nSPS) is 21.1. The Hall–Kier alpha value is -1.67. The molecule has 1 aromatic rings. The number of carbonyl (C=O) groups excluding carboxylic acids is 2. The van der Waals surface area contributed by atoms with Crippen molar-refractivity contribution in [2.45, 2.75) is 58.2 Å². The standard InChI is InChI=1S/C17H26N4O3S/c1-17(2,3)24-16(23)21-8-5-6-12(21)14(22)19-15-18-11-7-9-20(4)10-13(11)25-15/h12H,5-10H2,1-4H3,(H,18,19,22). The Labute approximate surface area is 152 Å². The Morgan fingerprint density at radius 3 is 2.80 bits per heavy atom. The molecule has 1 atom stereocenters. The molecule has 1 fully saturated rings. The lowest BCUT2D eigenvalue weighted by molar-refractivity contribution is -0.120. The van der Waals surface area contributed by atoms with Gasteiger partial charge in [-0.2, -0.15) is 0 Å². The van der Waals surface area contributed by atoms with Crippen LogP contribution in [0.3, 0.4) is 0 Å². The molecule has 1 unspecified atom stereocenters. The number of nitrogens with zero attached hydrogens (tertiary/aromatic N) is 3. The average molecular weight is 366 g/mol.